The lowest BCUT2D eigenvalue weighted by molar-refractivity contribution is 0.205. The van der Waals surface area contributed by atoms with Gasteiger partial charge in [-0.2, -0.15) is 50.5 Å². The van der Waals surface area contributed by atoms with Gasteiger partial charge in [-0.1, -0.05) is 0 Å². The summed E-state index contributed by atoms with van der Waals surface area (Å²) in [6.45, 7) is 3.79. The molecule has 0 saturated carbocycles. The van der Waals surface area contributed by atoms with E-state index in [-0.39, 0.29) is 9.16 Å². The molecular weight excluding hydrogens is 234 g/mol. The fourth-order valence-electron chi connectivity index (χ4n) is 0. The van der Waals surface area contributed by atoms with E-state index in [1.54, 1.807) is 0 Å². The Balaban J connectivity index is -0.000000101. The zero-order valence-electron chi connectivity index (χ0n) is 6.88. The second-order valence-corrected chi connectivity index (χ2v) is 5.52. The minimum Gasteiger partial charge on any atom is -0.465 e. The Kier molecular flexibility index (Phi) is 21.8. The van der Waals surface area contributed by atoms with Gasteiger partial charge >= 0.3 is 6.09 Å². The number of carbonyl (C=O) groups is 1. The van der Waals surface area contributed by atoms with Crippen molar-refractivity contribution >= 4 is 56.6 Å². The van der Waals surface area contributed by atoms with Gasteiger partial charge in [-0.25, -0.2) is 4.79 Å². The van der Waals surface area contributed by atoms with Gasteiger partial charge in [0, 0.05) is 9.16 Å². The molecule has 0 aromatic rings. The van der Waals surface area contributed by atoms with Crippen LogP contribution < -0.4 is 5.73 Å². The van der Waals surface area contributed by atoms with Crippen LogP contribution in [-0.4, -0.2) is 20.4 Å². The van der Waals surface area contributed by atoms with E-state index in [0.717, 1.165) is 0 Å². The number of carboxylic acid groups (broad SMARTS) is 1. The third-order valence-electron chi connectivity index (χ3n) is 0. The first-order valence-corrected chi connectivity index (χ1v) is 4.97. The molecule has 0 bridgehead atoms. The highest BCUT2D eigenvalue weighted by molar-refractivity contribution is 7.99. The van der Waals surface area contributed by atoms with Crippen LogP contribution in [0.3, 0.4) is 0 Å². The monoisotopic (exact) mass is 249 g/mol. The van der Waals surface area contributed by atoms with Gasteiger partial charge in [0.15, 0.2) is 0 Å². The molecule has 0 aliphatic carbocycles. The Hall–Kier alpha value is 0.670. The van der Waals surface area contributed by atoms with Crippen LogP contribution in [0.5, 0.6) is 0 Å². The fourth-order valence-corrected chi connectivity index (χ4v) is 0. The van der Waals surface area contributed by atoms with Gasteiger partial charge in [0.25, 0.3) is 0 Å². The molecule has 76 valence electrons. The fraction of sp³-hybridized carbons (Fsp3) is 0.800. The smallest absolute Gasteiger partial charge is 0.402 e. The van der Waals surface area contributed by atoms with Gasteiger partial charge in [0.1, 0.15) is 0 Å². The van der Waals surface area contributed by atoms with Crippen molar-refractivity contribution in [2.24, 2.45) is 5.73 Å². The van der Waals surface area contributed by atoms with Crippen LogP contribution in [0.15, 0.2) is 0 Å². The molecule has 3 N–H and O–H groups in total. The summed E-state index contributed by atoms with van der Waals surface area (Å²) in [4.78, 5) is 8.78. The molecule has 0 aromatic carbocycles. The van der Waals surface area contributed by atoms with E-state index in [2.05, 4.69) is 56.2 Å². The quantitative estimate of drug-likeness (QED) is 0.294. The lowest BCUT2D eigenvalue weighted by Gasteiger charge is -1.78. The molecule has 1 amide bonds. The van der Waals surface area contributed by atoms with Crippen molar-refractivity contribution in [1.29, 1.82) is 0 Å². The Bertz CT molecular complexity index is 83.9. The van der Waals surface area contributed by atoms with Crippen molar-refractivity contribution in [3.05, 3.63) is 0 Å². The first kappa shape index (κ1) is 18.5. The molecule has 0 rings (SSSR count). The molecule has 7 heteroatoms. The zero-order chi connectivity index (χ0) is 10.7. The van der Waals surface area contributed by atoms with Gasteiger partial charge in [0.2, 0.25) is 0 Å². The number of rotatable bonds is 0. The zero-order valence-corrected chi connectivity index (χ0v) is 10.5. The van der Waals surface area contributed by atoms with Gasteiger partial charge < -0.3 is 10.8 Å². The van der Waals surface area contributed by atoms with E-state index in [1.807, 2.05) is 13.8 Å². The molecule has 0 fully saturated rings. The SMILES string of the molecule is CC(S)S.CC(S)S.NC(=O)O. The number of primary amides is 1. The van der Waals surface area contributed by atoms with Crippen LogP contribution in [0.25, 0.3) is 0 Å². The number of amides is 1. The van der Waals surface area contributed by atoms with Crippen molar-refractivity contribution in [2.75, 3.05) is 0 Å². The first-order valence-electron chi connectivity index (χ1n) is 2.90. The van der Waals surface area contributed by atoms with Crippen LogP contribution in [0, 0.1) is 0 Å². The lowest BCUT2D eigenvalue weighted by Crippen LogP contribution is -2.03. The van der Waals surface area contributed by atoms with Crippen molar-refractivity contribution in [3.63, 3.8) is 0 Å². The predicted molar refractivity (Wildman–Crippen MR) is 67.1 cm³/mol. The van der Waals surface area contributed by atoms with Crippen LogP contribution in [0.1, 0.15) is 13.8 Å². The minimum absolute atomic E-state index is 0.222. The number of thiol groups is 4. The average Bonchev–Trinajstić information content (AvgIpc) is 1.54. The molecule has 0 aliphatic rings. The van der Waals surface area contributed by atoms with Crippen molar-refractivity contribution in [2.45, 2.75) is 23.0 Å². The van der Waals surface area contributed by atoms with E-state index in [1.165, 1.54) is 0 Å². The van der Waals surface area contributed by atoms with Crippen molar-refractivity contribution in [3.8, 4) is 0 Å². The second-order valence-electron chi connectivity index (χ2n) is 1.60. The van der Waals surface area contributed by atoms with Gasteiger partial charge in [-0.15, -0.1) is 0 Å². The summed E-state index contributed by atoms with van der Waals surface area (Å²) in [6, 6.07) is 0. The number of nitrogens with two attached hydrogens (primary N) is 1. The summed E-state index contributed by atoms with van der Waals surface area (Å²) >= 11 is 15.3. The highest BCUT2D eigenvalue weighted by Crippen LogP contribution is 1.93. The van der Waals surface area contributed by atoms with E-state index in [4.69, 9.17) is 9.90 Å². The standard InChI is InChI=1S/2C2H6S2.CH3NO2/c2*1-2(3)4;2-1(3)4/h2*2-4H,1H3;2H2,(H,3,4). The van der Waals surface area contributed by atoms with Gasteiger partial charge in [-0.05, 0) is 13.8 Å². The Morgan fingerprint density at radius 1 is 1.17 bits per heavy atom. The summed E-state index contributed by atoms with van der Waals surface area (Å²) in [5.74, 6) is 0. The molecule has 0 aromatic heterocycles. The first-order chi connectivity index (χ1) is 5.20. The summed E-state index contributed by atoms with van der Waals surface area (Å²) in [7, 11) is 0. The normalized spacial score (nSPS) is 8.00. The van der Waals surface area contributed by atoms with Crippen LogP contribution in [0.2, 0.25) is 0 Å². The molecule has 0 atom stereocenters. The minimum atomic E-state index is -1.33. The highest BCUT2D eigenvalue weighted by atomic mass is 32.2. The van der Waals surface area contributed by atoms with Crippen LogP contribution in [0.4, 0.5) is 4.79 Å². The summed E-state index contributed by atoms with van der Waals surface area (Å²) in [5.41, 5.74) is 4.03. The van der Waals surface area contributed by atoms with Crippen LogP contribution in [-0.2, 0) is 0 Å². The van der Waals surface area contributed by atoms with Crippen molar-refractivity contribution < 1.29 is 9.90 Å². The molecule has 0 unspecified atom stereocenters. The summed E-state index contributed by atoms with van der Waals surface area (Å²) in [6.07, 6.45) is -1.33. The van der Waals surface area contributed by atoms with E-state index in [0.29, 0.717) is 0 Å². The molecule has 0 radical (unpaired) electrons. The molecule has 0 spiro atoms. The number of hydrogen-bond donors (Lipinski definition) is 6. The molecule has 0 heterocycles. The number of hydrogen-bond acceptors (Lipinski definition) is 5. The molecule has 0 saturated heterocycles. The van der Waals surface area contributed by atoms with E-state index in [9.17, 15) is 0 Å². The Morgan fingerprint density at radius 2 is 1.17 bits per heavy atom. The summed E-state index contributed by atoms with van der Waals surface area (Å²) < 4.78 is 0.444. The molecule has 3 nitrogen and oxygen atoms in total. The average molecular weight is 249 g/mol. The lowest BCUT2D eigenvalue weighted by atomic mass is 11.0. The predicted octanol–water partition coefficient (Wildman–Crippen LogP) is 2.01. The summed E-state index contributed by atoms with van der Waals surface area (Å²) in [5, 5.41) is 7.19. The van der Waals surface area contributed by atoms with E-state index < -0.39 is 6.09 Å². The largest absolute Gasteiger partial charge is 0.465 e. The van der Waals surface area contributed by atoms with Crippen LogP contribution >= 0.6 is 50.5 Å². The molecule has 12 heavy (non-hydrogen) atoms. The maximum Gasteiger partial charge on any atom is 0.402 e. The maximum absolute atomic E-state index is 8.78. The molecule has 0 aliphatic heterocycles. The van der Waals surface area contributed by atoms with E-state index >= 15 is 0 Å². The third-order valence-corrected chi connectivity index (χ3v) is 0. The maximum atomic E-state index is 8.78. The Labute approximate surface area is 95.1 Å². The Morgan fingerprint density at radius 3 is 1.17 bits per heavy atom. The topological polar surface area (TPSA) is 63.3 Å². The van der Waals surface area contributed by atoms with Gasteiger partial charge in [0.05, 0.1) is 0 Å². The highest BCUT2D eigenvalue weighted by Gasteiger charge is 1.70. The van der Waals surface area contributed by atoms with Gasteiger partial charge in [-0.3, -0.25) is 0 Å². The van der Waals surface area contributed by atoms with Crippen molar-refractivity contribution in [1.82, 2.24) is 0 Å². The molecular formula is C5H15NO2S4. The second kappa shape index (κ2) is 14.2. The third kappa shape index (κ3) is 2220.